The van der Waals surface area contributed by atoms with Crippen LogP contribution < -0.4 is 21.7 Å². The summed E-state index contributed by atoms with van der Waals surface area (Å²) >= 11 is 1.56. The number of nitrogens with two attached hydrogens (primary N) is 1. The summed E-state index contributed by atoms with van der Waals surface area (Å²) in [5.74, 6) is -2.75. The van der Waals surface area contributed by atoms with Crippen molar-refractivity contribution in [3.05, 3.63) is 29.8 Å². The van der Waals surface area contributed by atoms with Crippen molar-refractivity contribution in [2.75, 3.05) is 12.0 Å². The van der Waals surface area contributed by atoms with Crippen LogP contribution in [0.25, 0.3) is 0 Å². The van der Waals surface area contributed by atoms with Gasteiger partial charge in [-0.05, 0) is 48.0 Å². The number of rotatable bonds is 14. The minimum absolute atomic E-state index is 0.00126. The first-order valence-electron chi connectivity index (χ1n) is 11.5. The van der Waals surface area contributed by atoms with Gasteiger partial charge in [0.05, 0.1) is 6.04 Å². The summed E-state index contributed by atoms with van der Waals surface area (Å²) in [7, 11) is 0. The van der Waals surface area contributed by atoms with Crippen LogP contribution in [-0.4, -0.2) is 70.1 Å². The number of benzene rings is 1. The van der Waals surface area contributed by atoms with E-state index in [0.29, 0.717) is 17.7 Å². The molecular weight excluding hydrogens is 472 g/mol. The third-order valence-corrected chi connectivity index (χ3v) is 6.10. The van der Waals surface area contributed by atoms with E-state index >= 15 is 0 Å². The molecule has 0 saturated carbocycles. The zero-order valence-corrected chi connectivity index (χ0v) is 21.7. The fraction of sp³-hybridized carbons (Fsp3) is 0.583. The average molecular weight is 511 g/mol. The first-order chi connectivity index (χ1) is 16.4. The zero-order valence-electron chi connectivity index (χ0n) is 20.9. The van der Waals surface area contributed by atoms with Crippen molar-refractivity contribution in [2.45, 2.75) is 64.7 Å². The molecule has 1 rings (SSSR count). The van der Waals surface area contributed by atoms with E-state index in [1.165, 1.54) is 12.1 Å². The molecule has 4 unspecified atom stereocenters. The van der Waals surface area contributed by atoms with E-state index in [9.17, 15) is 29.4 Å². The second kappa shape index (κ2) is 14.6. The molecule has 35 heavy (non-hydrogen) atoms. The number of carboxylic acids is 1. The van der Waals surface area contributed by atoms with Gasteiger partial charge in [-0.2, -0.15) is 11.8 Å². The Morgan fingerprint density at radius 2 is 1.37 bits per heavy atom. The number of phenols is 1. The van der Waals surface area contributed by atoms with Crippen molar-refractivity contribution in [3.63, 3.8) is 0 Å². The maximum absolute atomic E-state index is 13.0. The van der Waals surface area contributed by atoms with Crippen molar-refractivity contribution in [3.8, 4) is 5.75 Å². The predicted octanol–water partition coefficient (Wildman–Crippen LogP) is 0.866. The summed E-state index contributed by atoms with van der Waals surface area (Å²) in [5.41, 5.74) is 6.53. The molecular formula is C24H38N4O6S. The van der Waals surface area contributed by atoms with Crippen LogP contribution in [0.3, 0.4) is 0 Å². The number of nitrogens with one attached hydrogen (secondary N) is 3. The molecule has 10 nitrogen and oxygen atoms in total. The highest BCUT2D eigenvalue weighted by atomic mass is 32.2. The number of hydrogen-bond donors (Lipinski definition) is 6. The van der Waals surface area contributed by atoms with E-state index in [1.807, 2.05) is 6.26 Å². The Bertz CT molecular complexity index is 862. The maximum Gasteiger partial charge on any atom is 0.326 e. The summed E-state index contributed by atoms with van der Waals surface area (Å²) in [5, 5.41) is 26.8. The molecule has 0 spiro atoms. The summed E-state index contributed by atoms with van der Waals surface area (Å²) in [6.07, 6.45) is 2.37. The lowest BCUT2D eigenvalue weighted by Crippen LogP contribution is -2.59. The van der Waals surface area contributed by atoms with Gasteiger partial charge in [0, 0.05) is 6.42 Å². The second-order valence-electron chi connectivity index (χ2n) is 9.12. The topological polar surface area (TPSA) is 171 Å². The van der Waals surface area contributed by atoms with Crippen molar-refractivity contribution >= 4 is 35.5 Å². The lowest BCUT2D eigenvalue weighted by molar-refractivity contribution is -0.142. The number of carbonyl (C=O) groups is 4. The monoisotopic (exact) mass is 510 g/mol. The molecule has 196 valence electrons. The average Bonchev–Trinajstić information content (AvgIpc) is 2.79. The molecule has 0 radical (unpaired) electrons. The van der Waals surface area contributed by atoms with Gasteiger partial charge in [-0.1, -0.05) is 39.8 Å². The number of phenolic OH excluding ortho intramolecular Hbond substituents is 1. The van der Waals surface area contributed by atoms with Crippen LogP contribution in [-0.2, 0) is 25.6 Å². The van der Waals surface area contributed by atoms with E-state index in [2.05, 4.69) is 16.0 Å². The van der Waals surface area contributed by atoms with Gasteiger partial charge < -0.3 is 31.9 Å². The van der Waals surface area contributed by atoms with Crippen molar-refractivity contribution < 1.29 is 29.4 Å². The molecule has 3 amide bonds. The van der Waals surface area contributed by atoms with E-state index in [4.69, 9.17) is 5.73 Å². The molecule has 0 aliphatic rings. The highest BCUT2D eigenvalue weighted by Crippen LogP contribution is 2.13. The third-order valence-electron chi connectivity index (χ3n) is 5.45. The normalized spacial score (nSPS) is 14.6. The van der Waals surface area contributed by atoms with Gasteiger partial charge in [0.25, 0.3) is 0 Å². The van der Waals surface area contributed by atoms with Gasteiger partial charge in [0.1, 0.15) is 23.9 Å². The Morgan fingerprint density at radius 1 is 0.886 bits per heavy atom. The number of carbonyl (C=O) groups excluding carboxylic acids is 3. The number of aromatic hydroxyl groups is 1. The zero-order chi connectivity index (χ0) is 26.7. The molecule has 1 aromatic rings. The van der Waals surface area contributed by atoms with Crippen LogP contribution in [0.1, 0.15) is 39.7 Å². The highest BCUT2D eigenvalue weighted by Gasteiger charge is 2.33. The Morgan fingerprint density at radius 3 is 1.83 bits per heavy atom. The number of amides is 3. The summed E-state index contributed by atoms with van der Waals surface area (Å²) < 4.78 is 0. The van der Waals surface area contributed by atoms with Gasteiger partial charge in [0.15, 0.2) is 0 Å². The SMILES string of the molecule is CSCCC(N)C(=O)NC(C(=O)NC(C(=O)NC(Cc1ccc(O)cc1)C(=O)O)C(C)C)C(C)C. The van der Waals surface area contributed by atoms with Crippen LogP contribution in [0.15, 0.2) is 24.3 Å². The van der Waals surface area contributed by atoms with Crippen LogP contribution >= 0.6 is 11.8 Å². The number of aliphatic carboxylic acids is 1. The molecule has 0 aliphatic heterocycles. The highest BCUT2D eigenvalue weighted by molar-refractivity contribution is 7.98. The Labute approximate surface area is 210 Å². The smallest absolute Gasteiger partial charge is 0.326 e. The summed E-state index contributed by atoms with van der Waals surface area (Å²) in [6, 6.07) is 2.08. The van der Waals surface area contributed by atoms with Gasteiger partial charge in [0.2, 0.25) is 17.7 Å². The molecule has 0 fully saturated rings. The van der Waals surface area contributed by atoms with Crippen molar-refractivity contribution in [1.82, 2.24) is 16.0 Å². The molecule has 7 N–H and O–H groups in total. The van der Waals surface area contributed by atoms with E-state index < -0.39 is 47.9 Å². The quantitative estimate of drug-likeness (QED) is 0.214. The maximum atomic E-state index is 13.0. The van der Waals surface area contributed by atoms with Crippen LogP contribution in [0.4, 0.5) is 0 Å². The lowest BCUT2D eigenvalue weighted by atomic mass is 9.98. The second-order valence-corrected chi connectivity index (χ2v) is 10.1. The standard InChI is InChI=1S/C24H38N4O6S/c1-13(2)19(22(31)26-18(24(33)34)12-15-6-8-16(29)9-7-15)28-23(32)20(14(3)4)27-21(30)17(25)10-11-35-5/h6-9,13-14,17-20,29H,10-12,25H2,1-5H3,(H,26,31)(H,27,30)(H,28,32)(H,33,34). The Balaban J connectivity index is 2.92. The Hall–Kier alpha value is -2.79. The van der Waals surface area contributed by atoms with Crippen molar-refractivity contribution in [1.29, 1.82) is 0 Å². The van der Waals surface area contributed by atoms with Gasteiger partial charge >= 0.3 is 5.97 Å². The molecule has 0 heterocycles. The van der Waals surface area contributed by atoms with Gasteiger partial charge in [-0.25, -0.2) is 4.79 Å². The largest absolute Gasteiger partial charge is 0.508 e. The van der Waals surface area contributed by atoms with E-state index in [1.54, 1.807) is 51.6 Å². The van der Waals surface area contributed by atoms with Gasteiger partial charge in [-0.3, -0.25) is 14.4 Å². The van der Waals surface area contributed by atoms with Crippen LogP contribution in [0.5, 0.6) is 5.75 Å². The first-order valence-corrected chi connectivity index (χ1v) is 12.9. The van der Waals surface area contributed by atoms with Crippen LogP contribution in [0, 0.1) is 11.8 Å². The van der Waals surface area contributed by atoms with Crippen molar-refractivity contribution in [2.24, 2.45) is 17.6 Å². The number of hydrogen-bond acceptors (Lipinski definition) is 7. The fourth-order valence-corrected chi connectivity index (χ4v) is 3.77. The molecule has 11 heteroatoms. The fourth-order valence-electron chi connectivity index (χ4n) is 3.28. The molecule has 0 aliphatic carbocycles. The van der Waals surface area contributed by atoms with E-state index in [-0.39, 0.29) is 24.0 Å². The Kier molecular flexibility index (Phi) is 12.6. The molecule has 1 aromatic carbocycles. The molecule has 0 aromatic heterocycles. The molecule has 4 atom stereocenters. The third kappa shape index (κ3) is 10.2. The summed E-state index contributed by atoms with van der Waals surface area (Å²) in [4.78, 5) is 50.2. The van der Waals surface area contributed by atoms with Gasteiger partial charge in [-0.15, -0.1) is 0 Å². The lowest BCUT2D eigenvalue weighted by Gasteiger charge is -2.28. The molecule has 0 bridgehead atoms. The molecule has 0 saturated heterocycles. The minimum Gasteiger partial charge on any atom is -0.508 e. The van der Waals surface area contributed by atoms with Crippen LogP contribution in [0.2, 0.25) is 0 Å². The minimum atomic E-state index is -1.24. The first kappa shape index (κ1) is 30.2. The number of thioether (sulfide) groups is 1. The van der Waals surface area contributed by atoms with E-state index in [0.717, 1.165) is 0 Å². The predicted molar refractivity (Wildman–Crippen MR) is 136 cm³/mol. The number of carboxylic acid groups (broad SMARTS) is 1. The summed E-state index contributed by atoms with van der Waals surface area (Å²) in [6.45, 7) is 6.98.